The third-order valence-corrected chi connectivity index (χ3v) is 3.46. The van der Waals surface area contributed by atoms with Crippen LogP contribution in [0.4, 0.5) is 15.8 Å². The number of carbonyl (C=O) groups is 1. The van der Waals surface area contributed by atoms with Crippen LogP contribution in [0.1, 0.15) is 0 Å². The topological polar surface area (TPSA) is 32.3 Å². The van der Waals surface area contributed by atoms with Crippen molar-refractivity contribution >= 4 is 49.1 Å². The molecule has 1 N–H and O–H groups in total. The normalized spacial score (nSPS) is 19.9. The maximum atomic E-state index is 13.3. The molecule has 1 unspecified atom stereocenters. The van der Waals surface area contributed by atoms with Crippen LogP contribution < -0.4 is 10.2 Å². The third kappa shape index (κ3) is 1.76. The number of halogens is 3. The molecule has 1 amide bonds. The number of hydrogen-bond acceptors (Lipinski definition) is 2. The van der Waals surface area contributed by atoms with Gasteiger partial charge in [-0.3, -0.25) is 4.79 Å². The van der Waals surface area contributed by atoms with Gasteiger partial charge in [0.25, 0.3) is 5.91 Å². The van der Waals surface area contributed by atoms with E-state index >= 15 is 0 Å². The van der Waals surface area contributed by atoms with E-state index in [1.54, 1.807) is 13.1 Å². The Morgan fingerprint density at radius 1 is 1.53 bits per heavy atom. The van der Waals surface area contributed by atoms with E-state index in [9.17, 15) is 9.18 Å². The second kappa shape index (κ2) is 3.75. The molecule has 0 saturated carbocycles. The first kappa shape index (κ1) is 10.9. The number of hydrogen-bond donors (Lipinski definition) is 1. The summed E-state index contributed by atoms with van der Waals surface area (Å²) in [6.45, 7) is 0. The average Bonchev–Trinajstić information content (AvgIpc) is 2.19. The first-order valence-corrected chi connectivity index (χ1v) is 5.89. The van der Waals surface area contributed by atoms with E-state index < -0.39 is 4.95 Å². The molecule has 1 aliphatic heterocycles. The highest BCUT2D eigenvalue weighted by Crippen LogP contribution is 2.35. The molecule has 6 heteroatoms. The summed E-state index contributed by atoms with van der Waals surface area (Å²) in [6, 6.07) is 2.94. The van der Waals surface area contributed by atoms with E-state index in [2.05, 4.69) is 37.2 Å². The van der Waals surface area contributed by atoms with Crippen LogP contribution in [0.25, 0.3) is 0 Å². The van der Waals surface area contributed by atoms with Gasteiger partial charge in [-0.05, 0) is 22.0 Å². The van der Waals surface area contributed by atoms with Gasteiger partial charge in [0.15, 0.2) is 4.95 Å². The Hall–Kier alpha value is -0.620. The number of benzene rings is 1. The predicted octanol–water partition coefficient (Wildman–Crippen LogP) is 2.70. The Bertz CT molecular complexity index is 438. The van der Waals surface area contributed by atoms with Crippen LogP contribution in [-0.2, 0) is 4.79 Å². The van der Waals surface area contributed by atoms with Gasteiger partial charge in [0, 0.05) is 13.1 Å². The monoisotopic (exact) mass is 336 g/mol. The molecule has 1 aliphatic rings. The van der Waals surface area contributed by atoms with Crippen LogP contribution in [0.15, 0.2) is 16.6 Å². The van der Waals surface area contributed by atoms with E-state index in [0.717, 1.165) is 0 Å². The smallest absolute Gasteiger partial charge is 0.260 e. The zero-order chi connectivity index (χ0) is 11.2. The fraction of sp³-hybridized carbons (Fsp3) is 0.222. The fourth-order valence-electron chi connectivity index (χ4n) is 1.42. The molecule has 15 heavy (non-hydrogen) atoms. The van der Waals surface area contributed by atoms with Gasteiger partial charge in [-0.1, -0.05) is 15.9 Å². The molecule has 0 aromatic heterocycles. The fourth-order valence-corrected chi connectivity index (χ4v) is 2.30. The van der Waals surface area contributed by atoms with Crippen LogP contribution in [-0.4, -0.2) is 17.9 Å². The Morgan fingerprint density at radius 3 is 2.87 bits per heavy atom. The first-order chi connectivity index (χ1) is 7.00. The molecular weight excluding hydrogens is 331 g/mol. The molecule has 80 valence electrons. The van der Waals surface area contributed by atoms with Crippen molar-refractivity contribution in [3.8, 4) is 0 Å². The summed E-state index contributed by atoms with van der Waals surface area (Å²) < 4.78 is 13.6. The molecule has 1 atom stereocenters. The molecule has 0 aliphatic carbocycles. The average molecular weight is 338 g/mol. The Labute approximate surface area is 103 Å². The van der Waals surface area contributed by atoms with Crippen molar-refractivity contribution < 1.29 is 9.18 Å². The number of rotatable bonds is 0. The van der Waals surface area contributed by atoms with Crippen LogP contribution in [0.5, 0.6) is 0 Å². The molecule has 1 aromatic carbocycles. The minimum absolute atomic E-state index is 0.110. The van der Waals surface area contributed by atoms with E-state index in [1.165, 1.54) is 11.0 Å². The minimum Gasteiger partial charge on any atom is -0.363 e. The Morgan fingerprint density at radius 2 is 2.20 bits per heavy atom. The van der Waals surface area contributed by atoms with Gasteiger partial charge >= 0.3 is 0 Å². The lowest BCUT2D eigenvalue weighted by Gasteiger charge is -2.30. The highest BCUT2D eigenvalue weighted by atomic mass is 79.9. The van der Waals surface area contributed by atoms with Gasteiger partial charge in [-0.25, -0.2) is 4.39 Å². The number of anilines is 2. The van der Waals surface area contributed by atoms with E-state index in [4.69, 9.17) is 0 Å². The van der Waals surface area contributed by atoms with Crippen molar-refractivity contribution in [3.63, 3.8) is 0 Å². The second-order valence-electron chi connectivity index (χ2n) is 3.19. The number of likely N-dealkylation sites (N-methyl/N-ethyl adjacent to an activating group) is 1. The van der Waals surface area contributed by atoms with Crippen LogP contribution in [0.2, 0.25) is 0 Å². The minimum atomic E-state index is -0.504. The molecule has 2 rings (SSSR count). The van der Waals surface area contributed by atoms with Gasteiger partial charge in [-0.2, -0.15) is 0 Å². The molecule has 0 spiro atoms. The molecule has 1 heterocycles. The molecule has 3 nitrogen and oxygen atoms in total. The predicted molar refractivity (Wildman–Crippen MR) is 63.8 cm³/mol. The Kier molecular flexibility index (Phi) is 2.72. The summed E-state index contributed by atoms with van der Waals surface area (Å²) >= 11 is 6.25. The van der Waals surface area contributed by atoms with Gasteiger partial charge in [0.2, 0.25) is 0 Å². The first-order valence-electron chi connectivity index (χ1n) is 4.18. The quantitative estimate of drug-likeness (QED) is 0.583. The van der Waals surface area contributed by atoms with Gasteiger partial charge < -0.3 is 10.2 Å². The van der Waals surface area contributed by atoms with E-state index in [-0.39, 0.29) is 11.7 Å². The number of alkyl halides is 1. The van der Waals surface area contributed by atoms with Crippen molar-refractivity contribution in [2.75, 3.05) is 17.3 Å². The molecule has 0 fully saturated rings. The van der Waals surface area contributed by atoms with Crippen molar-refractivity contribution in [2.45, 2.75) is 4.95 Å². The third-order valence-electron chi connectivity index (χ3n) is 2.23. The molecule has 0 bridgehead atoms. The zero-order valence-electron chi connectivity index (χ0n) is 7.72. The van der Waals surface area contributed by atoms with Crippen LogP contribution >= 0.6 is 31.9 Å². The van der Waals surface area contributed by atoms with Crippen molar-refractivity contribution in [2.24, 2.45) is 0 Å². The summed E-state index contributed by atoms with van der Waals surface area (Å²) in [7, 11) is 1.65. The zero-order valence-corrected chi connectivity index (χ0v) is 10.9. The van der Waals surface area contributed by atoms with Gasteiger partial charge in [-0.15, -0.1) is 0 Å². The van der Waals surface area contributed by atoms with Crippen LogP contribution in [0, 0.1) is 5.82 Å². The maximum Gasteiger partial charge on any atom is 0.260 e. The van der Waals surface area contributed by atoms with E-state index in [0.29, 0.717) is 15.8 Å². The highest BCUT2D eigenvalue weighted by molar-refractivity contribution is 9.10. The van der Waals surface area contributed by atoms with Crippen molar-refractivity contribution in [1.29, 1.82) is 0 Å². The summed E-state index contributed by atoms with van der Waals surface area (Å²) in [5.74, 6) is -0.468. The summed E-state index contributed by atoms with van der Waals surface area (Å²) in [4.78, 5) is 12.6. The molecule has 0 saturated heterocycles. The number of fused-ring (bicyclic) bond motifs is 1. The second-order valence-corrected chi connectivity index (χ2v) is 4.96. The lowest BCUT2D eigenvalue weighted by atomic mass is 10.2. The number of nitrogens with one attached hydrogen (secondary N) is 1. The summed E-state index contributed by atoms with van der Waals surface area (Å²) in [5, 5.41) is 2.87. The number of nitrogens with zero attached hydrogens (tertiary/aromatic N) is 1. The van der Waals surface area contributed by atoms with Gasteiger partial charge in [0.1, 0.15) is 5.82 Å². The number of amides is 1. The number of carbonyl (C=O) groups excluding carboxylic acids is 1. The van der Waals surface area contributed by atoms with Gasteiger partial charge in [0.05, 0.1) is 15.8 Å². The summed E-state index contributed by atoms with van der Waals surface area (Å²) in [6.07, 6.45) is 0. The molecular formula is C9H7Br2FN2O. The lowest BCUT2D eigenvalue weighted by molar-refractivity contribution is -0.117. The maximum absolute atomic E-state index is 13.3. The SMILES string of the molecule is CN1C(=O)C(Br)Nc2cc(F)c(Br)cc21. The van der Waals surface area contributed by atoms with Crippen LogP contribution in [0.3, 0.4) is 0 Å². The van der Waals surface area contributed by atoms with Crippen molar-refractivity contribution in [3.05, 3.63) is 22.4 Å². The summed E-state index contributed by atoms with van der Waals surface area (Å²) in [5.41, 5.74) is 1.25. The standard InChI is InChI=1S/C9H7Br2FN2O/c1-14-7-2-4(10)5(12)3-6(7)13-8(11)9(14)15/h2-3,8,13H,1H3. The largest absolute Gasteiger partial charge is 0.363 e. The highest BCUT2D eigenvalue weighted by Gasteiger charge is 2.28. The lowest BCUT2D eigenvalue weighted by Crippen LogP contribution is -2.41. The Balaban J connectivity index is 2.56. The van der Waals surface area contributed by atoms with Crippen molar-refractivity contribution in [1.82, 2.24) is 0 Å². The molecule has 1 aromatic rings. The molecule has 0 radical (unpaired) electrons. The van der Waals surface area contributed by atoms with E-state index in [1.807, 2.05) is 0 Å².